The van der Waals surface area contributed by atoms with Crippen LogP contribution in [0.1, 0.15) is 33.6 Å². The molecule has 0 spiro atoms. The van der Waals surface area contributed by atoms with Crippen LogP contribution in [0.25, 0.3) is 0 Å². The van der Waals surface area contributed by atoms with Gasteiger partial charge in [-0.1, -0.05) is 0 Å². The van der Waals surface area contributed by atoms with Gasteiger partial charge in [-0.2, -0.15) is 0 Å². The molecule has 0 unspecified atom stereocenters. The molecule has 0 bridgehead atoms. The second-order valence-electron chi connectivity index (χ2n) is 4.76. The number of rotatable bonds is 6. The highest BCUT2D eigenvalue weighted by Gasteiger charge is 2.17. The average Bonchev–Trinajstić information content (AvgIpc) is 2.33. The molecule has 1 heterocycles. The lowest BCUT2D eigenvalue weighted by atomic mass is 10.2. The zero-order chi connectivity index (χ0) is 12.7. The van der Waals surface area contributed by atoms with Crippen LogP contribution in [0, 0.1) is 0 Å². The van der Waals surface area contributed by atoms with E-state index in [4.69, 9.17) is 0 Å². The standard InChI is InChI=1S/C13H27N3O/c1-4-15(5-2)13(17)7-6-9-16-10-8-14-11-12(16)3/h12,14H,4-11H2,1-3H3/t12-/m0/s1. The largest absolute Gasteiger partial charge is 0.343 e. The molecule has 0 aromatic rings. The maximum atomic E-state index is 11.8. The summed E-state index contributed by atoms with van der Waals surface area (Å²) < 4.78 is 0. The SMILES string of the molecule is CCN(CC)C(=O)CCCN1CCNC[C@@H]1C. The summed E-state index contributed by atoms with van der Waals surface area (Å²) in [5.74, 6) is 0.304. The Bertz CT molecular complexity index is 229. The molecule has 1 fully saturated rings. The van der Waals surface area contributed by atoms with Gasteiger partial charge in [-0.15, -0.1) is 0 Å². The van der Waals surface area contributed by atoms with Crippen molar-refractivity contribution in [3.63, 3.8) is 0 Å². The van der Waals surface area contributed by atoms with E-state index in [9.17, 15) is 4.79 Å². The highest BCUT2D eigenvalue weighted by Crippen LogP contribution is 2.05. The van der Waals surface area contributed by atoms with Gasteiger partial charge in [-0.25, -0.2) is 0 Å². The average molecular weight is 241 g/mol. The summed E-state index contributed by atoms with van der Waals surface area (Å²) in [7, 11) is 0. The smallest absolute Gasteiger partial charge is 0.222 e. The lowest BCUT2D eigenvalue weighted by Crippen LogP contribution is -2.50. The van der Waals surface area contributed by atoms with Crippen molar-refractivity contribution in [1.82, 2.24) is 15.1 Å². The molecule has 1 saturated heterocycles. The summed E-state index contributed by atoms with van der Waals surface area (Å²) in [6.07, 6.45) is 1.68. The van der Waals surface area contributed by atoms with Gasteiger partial charge in [0.25, 0.3) is 0 Å². The van der Waals surface area contributed by atoms with E-state index in [2.05, 4.69) is 17.1 Å². The van der Waals surface area contributed by atoms with Gasteiger partial charge < -0.3 is 10.2 Å². The summed E-state index contributed by atoms with van der Waals surface area (Å²) in [6, 6.07) is 0.604. The highest BCUT2D eigenvalue weighted by molar-refractivity contribution is 5.76. The first-order valence-corrected chi connectivity index (χ1v) is 6.91. The second kappa shape index (κ2) is 7.67. The summed E-state index contributed by atoms with van der Waals surface area (Å²) in [5.41, 5.74) is 0. The van der Waals surface area contributed by atoms with E-state index in [1.807, 2.05) is 18.7 Å². The molecule has 0 saturated carbocycles. The predicted molar refractivity (Wildman–Crippen MR) is 71.1 cm³/mol. The molecule has 1 aliphatic heterocycles. The third-order valence-corrected chi connectivity index (χ3v) is 3.59. The molecule has 0 radical (unpaired) electrons. The van der Waals surface area contributed by atoms with E-state index in [1.165, 1.54) is 0 Å². The van der Waals surface area contributed by atoms with E-state index in [0.717, 1.165) is 45.7 Å². The van der Waals surface area contributed by atoms with Crippen molar-refractivity contribution in [3.05, 3.63) is 0 Å². The Morgan fingerprint density at radius 1 is 1.41 bits per heavy atom. The van der Waals surface area contributed by atoms with Crippen LogP contribution in [0.15, 0.2) is 0 Å². The van der Waals surface area contributed by atoms with Gasteiger partial charge in [0.1, 0.15) is 0 Å². The van der Waals surface area contributed by atoms with E-state index < -0.39 is 0 Å². The highest BCUT2D eigenvalue weighted by atomic mass is 16.2. The number of carbonyl (C=O) groups is 1. The van der Waals surface area contributed by atoms with Gasteiger partial charge >= 0.3 is 0 Å². The lowest BCUT2D eigenvalue weighted by Gasteiger charge is -2.33. The van der Waals surface area contributed by atoms with Gasteiger partial charge in [-0.3, -0.25) is 9.69 Å². The molecule has 17 heavy (non-hydrogen) atoms. The first kappa shape index (κ1) is 14.5. The van der Waals surface area contributed by atoms with Crippen LogP contribution < -0.4 is 5.32 Å². The minimum Gasteiger partial charge on any atom is -0.343 e. The zero-order valence-corrected chi connectivity index (χ0v) is 11.5. The van der Waals surface area contributed by atoms with Crippen LogP contribution in [-0.4, -0.2) is 61.0 Å². The molecular weight excluding hydrogens is 214 g/mol. The zero-order valence-electron chi connectivity index (χ0n) is 11.5. The summed E-state index contributed by atoms with van der Waals surface area (Å²) in [4.78, 5) is 16.2. The van der Waals surface area contributed by atoms with Crippen molar-refractivity contribution in [3.8, 4) is 0 Å². The van der Waals surface area contributed by atoms with E-state index in [-0.39, 0.29) is 0 Å². The lowest BCUT2D eigenvalue weighted by molar-refractivity contribution is -0.131. The Morgan fingerprint density at radius 2 is 2.12 bits per heavy atom. The Labute approximate surface area is 105 Å². The van der Waals surface area contributed by atoms with Crippen LogP contribution in [0.4, 0.5) is 0 Å². The first-order chi connectivity index (χ1) is 8.19. The molecule has 1 rings (SSSR count). The van der Waals surface area contributed by atoms with Crippen molar-refractivity contribution in [2.45, 2.75) is 39.7 Å². The minimum absolute atomic E-state index is 0.304. The van der Waals surface area contributed by atoms with Crippen LogP contribution in [0.5, 0.6) is 0 Å². The van der Waals surface area contributed by atoms with Crippen LogP contribution >= 0.6 is 0 Å². The molecule has 1 atom stereocenters. The van der Waals surface area contributed by atoms with Gasteiger partial charge in [0.2, 0.25) is 5.91 Å². The van der Waals surface area contributed by atoms with Crippen LogP contribution in [0.2, 0.25) is 0 Å². The molecule has 1 amide bonds. The number of carbonyl (C=O) groups excluding carboxylic acids is 1. The minimum atomic E-state index is 0.304. The molecule has 0 aromatic carbocycles. The molecule has 1 aliphatic rings. The normalized spacial score (nSPS) is 21.5. The Balaban J connectivity index is 2.20. The number of hydrogen-bond acceptors (Lipinski definition) is 3. The fourth-order valence-electron chi connectivity index (χ4n) is 2.38. The van der Waals surface area contributed by atoms with Gasteiger partial charge in [0.05, 0.1) is 0 Å². The van der Waals surface area contributed by atoms with Gasteiger partial charge in [0.15, 0.2) is 0 Å². The molecule has 4 heteroatoms. The molecule has 1 N–H and O–H groups in total. The molecular formula is C13H27N3O. The molecule has 100 valence electrons. The first-order valence-electron chi connectivity index (χ1n) is 6.91. The maximum absolute atomic E-state index is 11.8. The van der Waals surface area contributed by atoms with Crippen molar-refractivity contribution in [2.75, 3.05) is 39.3 Å². The van der Waals surface area contributed by atoms with Crippen molar-refractivity contribution in [2.24, 2.45) is 0 Å². The van der Waals surface area contributed by atoms with E-state index in [1.54, 1.807) is 0 Å². The number of amides is 1. The van der Waals surface area contributed by atoms with Crippen LogP contribution in [-0.2, 0) is 4.79 Å². The van der Waals surface area contributed by atoms with Gasteiger partial charge in [-0.05, 0) is 33.7 Å². The third-order valence-electron chi connectivity index (χ3n) is 3.59. The van der Waals surface area contributed by atoms with E-state index >= 15 is 0 Å². The maximum Gasteiger partial charge on any atom is 0.222 e. The van der Waals surface area contributed by atoms with Crippen molar-refractivity contribution >= 4 is 5.91 Å². The number of hydrogen-bond donors (Lipinski definition) is 1. The van der Waals surface area contributed by atoms with Crippen molar-refractivity contribution < 1.29 is 4.79 Å². The Kier molecular flexibility index (Phi) is 6.52. The Hall–Kier alpha value is -0.610. The fraction of sp³-hybridized carbons (Fsp3) is 0.923. The monoisotopic (exact) mass is 241 g/mol. The van der Waals surface area contributed by atoms with Crippen molar-refractivity contribution in [1.29, 1.82) is 0 Å². The topological polar surface area (TPSA) is 35.6 Å². The number of nitrogens with one attached hydrogen (secondary N) is 1. The van der Waals surface area contributed by atoms with Gasteiger partial charge in [0, 0.05) is 45.2 Å². The predicted octanol–water partition coefficient (Wildman–Crippen LogP) is 0.929. The van der Waals surface area contributed by atoms with Crippen LogP contribution in [0.3, 0.4) is 0 Å². The number of nitrogens with zero attached hydrogens (tertiary/aromatic N) is 2. The Morgan fingerprint density at radius 3 is 2.71 bits per heavy atom. The molecule has 0 aromatic heterocycles. The summed E-state index contributed by atoms with van der Waals surface area (Å²) in [5, 5.41) is 3.38. The second-order valence-corrected chi connectivity index (χ2v) is 4.76. The van der Waals surface area contributed by atoms with E-state index in [0.29, 0.717) is 18.4 Å². The summed E-state index contributed by atoms with van der Waals surface area (Å²) >= 11 is 0. The quantitative estimate of drug-likeness (QED) is 0.751. The number of piperazine rings is 1. The fourth-order valence-corrected chi connectivity index (χ4v) is 2.38. The third kappa shape index (κ3) is 4.64. The molecule has 0 aliphatic carbocycles. The summed E-state index contributed by atoms with van der Waals surface area (Å²) in [6.45, 7) is 12.3. The molecule has 4 nitrogen and oxygen atoms in total.